The van der Waals surface area contributed by atoms with Crippen LogP contribution in [0.5, 0.6) is 0 Å². The lowest BCUT2D eigenvalue weighted by Gasteiger charge is -2.22. The van der Waals surface area contributed by atoms with E-state index >= 15 is 0 Å². The molecule has 2 N–H and O–H groups in total. The summed E-state index contributed by atoms with van der Waals surface area (Å²) in [5, 5.41) is 1.91. The first-order chi connectivity index (χ1) is 7.93. The van der Waals surface area contributed by atoms with Crippen molar-refractivity contribution in [3.05, 3.63) is 22.4 Å². The predicted molar refractivity (Wildman–Crippen MR) is 70.1 cm³/mol. The average molecular weight is 253 g/mol. The molecule has 3 nitrogen and oxygen atoms in total. The lowest BCUT2D eigenvalue weighted by atomic mass is 9.82. The highest BCUT2D eigenvalue weighted by Crippen LogP contribution is 2.30. The average Bonchev–Trinajstić information content (AvgIpc) is 2.76. The highest BCUT2D eigenvalue weighted by molar-refractivity contribution is 7.12. The number of unbranched alkanes of at least 4 members (excludes halogenated alkanes) is 1. The van der Waals surface area contributed by atoms with Crippen molar-refractivity contribution in [3.8, 4) is 0 Å². The minimum absolute atomic E-state index is 0.187. The first kappa shape index (κ1) is 13.9. The zero-order valence-corrected chi connectivity index (χ0v) is 11.2. The number of carbonyl (C=O) groups is 2. The highest BCUT2D eigenvalue weighted by atomic mass is 32.1. The van der Waals surface area contributed by atoms with E-state index in [1.54, 1.807) is 0 Å². The van der Waals surface area contributed by atoms with Crippen molar-refractivity contribution in [1.29, 1.82) is 0 Å². The topological polar surface area (TPSA) is 60.2 Å². The molecule has 0 aliphatic heterocycles. The molecule has 0 saturated carbocycles. The normalized spacial score (nSPS) is 11.4. The summed E-state index contributed by atoms with van der Waals surface area (Å²) in [6.45, 7) is 3.92. The Labute approximate surface area is 106 Å². The van der Waals surface area contributed by atoms with Gasteiger partial charge < -0.3 is 5.73 Å². The Morgan fingerprint density at radius 2 is 2.06 bits per heavy atom. The van der Waals surface area contributed by atoms with Gasteiger partial charge in [-0.05, 0) is 24.3 Å². The van der Waals surface area contributed by atoms with Gasteiger partial charge in [0.15, 0.2) is 5.78 Å². The maximum absolute atomic E-state index is 12.2. The molecule has 0 unspecified atom stereocenters. The molecule has 17 heavy (non-hydrogen) atoms. The largest absolute Gasteiger partial charge is 0.370 e. The van der Waals surface area contributed by atoms with Crippen molar-refractivity contribution in [2.45, 2.75) is 39.5 Å². The molecule has 1 aromatic heterocycles. The van der Waals surface area contributed by atoms with Gasteiger partial charge in [0, 0.05) is 11.8 Å². The Morgan fingerprint density at radius 1 is 1.35 bits per heavy atom. The number of nitrogens with two attached hydrogens (primary N) is 1. The van der Waals surface area contributed by atoms with Gasteiger partial charge in [-0.1, -0.05) is 26.3 Å². The smallest absolute Gasteiger partial charge is 0.217 e. The highest BCUT2D eigenvalue weighted by Gasteiger charge is 2.28. The molecule has 0 bridgehead atoms. The van der Waals surface area contributed by atoms with Gasteiger partial charge >= 0.3 is 0 Å². The second kappa shape index (κ2) is 5.96. The van der Waals surface area contributed by atoms with Gasteiger partial charge in [0.1, 0.15) is 0 Å². The van der Waals surface area contributed by atoms with Crippen LogP contribution in [0.3, 0.4) is 0 Å². The van der Waals surface area contributed by atoms with E-state index in [-0.39, 0.29) is 17.1 Å². The van der Waals surface area contributed by atoms with Gasteiger partial charge in [-0.2, -0.15) is 0 Å². The molecular formula is C13H19NO2S. The van der Waals surface area contributed by atoms with Crippen molar-refractivity contribution in [1.82, 2.24) is 0 Å². The molecule has 0 saturated heterocycles. The Kier molecular flexibility index (Phi) is 4.87. The number of carbonyl (C=O) groups excluding carboxylic acids is 2. The maximum atomic E-state index is 12.2. The van der Waals surface area contributed by atoms with Crippen LogP contribution in [0.25, 0.3) is 0 Å². The predicted octanol–water partition coefficient (Wildman–Crippen LogP) is 3.00. The number of thiophene rings is 1. The fourth-order valence-corrected chi connectivity index (χ4v) is 2.57. The van der Waals surface area contributed by atoms with Gasteiger partial charge in [-0.15, -0.1) is 11.3 Å². The third-order valence-corrected chi connectivity index (χ3v) is 3.70. The van der Waals surface area contributed by atoms with E-state index in [4.69, 9.17) is 5.73 Å². The first-order valence-electron chi connectivity index (χ1n) is 5.80. The summed E-state index contributed by atoms with van der Waals surface area (Å²) in [5.41, 5.74) is 4.72. The summed E-state index contributed by atoms with van der Waals surface area (Å²) in [4.78, 5) is 23.6. The maximum Gasteiger partial charge on any atom is 0.217 e. The molecule has 0 aliphatic carbocycles. The van der Waals surface area contributed by atoms with E-state index in [9.17, 15) is 9.59 Å². The number of rotatable bonds is 7. The Hall–Kier alpha value is -1.16. The van der Waals surface area contributed by atoms with Gasteiger partial charge in [-0.3, -0.25) is 9.59 Å². The van der Waals surface area contributed by atoms with Crippen LogP contribution in [0.15, 0.2) is 17.5 Å². The summed E-state index contributed by atoms with van der Waals surface area (Å²) < 4.78 is 0. The lowest BCUT2D eigenvalue weighted by molar-refractivity contribution is -0.118. The standard InChI is InChI=1S/C13H19NO2S/c1-13(2,8-4-3-7-11(14)15)12(16)10-6-5-9-17-10/h5-6,9H,3-4,7-8H2,1-2H3,(H2,14,15). The number of primary amides is 1. The van der Waals surface area contributed by atoms with Crippen molar-refractivity contribution in [2.24, 2.45) is 11.1 Å². The fraction of sp³-hybridized carbons (Fsp3) is 0.538. The molecule has 1 amide bonds. The molecule has 94 valence electrons. The Bertz CT molecular complexity index is 382. The molecule has 0 aromatic carbocycles. The summed E-state index contributed by atoms with van der Waals surface area (Å²) in [7, 11) is 0. The number of hydrogen-bond acceptors (Lipinski definition) is 3. The van der Waals surface area contributed by atoms with E-state index in [2.05, 4.69) is 0 Å². The minimum atomic E-state index is -0.359. The molecule has 1 rings (SSSR count). The van der Waals surface area contributed by atoms with Gasteiger partial charge in [0.05, 0.1) is 4.88 Å². The summed E-state index contributed by atoms with van der Waals surface area (Å²) in [6.07, 6.45) is 2.81. The van der Waals surface area contributed by atoms with Crippen LogP contribution in [-0.4, -0.2) is 11.7 Å². The zero-order chi connectivity index (χ0) is 12.9. The van der Waals surface area contributed by atoms with Crippen LogP contribution in [0, 0.1) is 5.41 Å². The third kappa shape index (κ3) is 4.30. The van der Waals surface area contributed by atoms with E-state index < -0.39 is 0 Å². The number of ketones is 1. The van der Waals surface area contributed by atoms with Crippen molar-refractivity contribution < 1.29 is 9.59 Å². The van der Waals surface area contributed by atoms with Gasteiger partial charge in [0.25, 0.3) is 0 Å². The molecular weight excluding hydrogens is 234 g/mol. The summed E-state index contributed by atoms with van der Waals surface area (Å²) in [6, 6.07) is 3.75. The Balaban J connectivity index is 2.45. The van der Waals surface area contributed by atoms with Crippen LogP contribution in [0.1, 0.15) is 49.2 Å². The summed E-state index contributed by atoms with van der Waals surface area (Å²) in [5.74, 6) is -0.0843. The molecule has 0 spiro atoms. The van der Waals surface area contributed by atoms with Crippen molar-refractivity contribution >= 4 is 23.0 Å². The van der Waals surface area contributed by atoms with Crippen LogP contribution in [0.2, 0.25) is 0 Å². The zero-order valence-electron chi connectivity index (χ0n) is 10.4. The van der Waals surface area contributed by atoms with Crippen LogP contribution < -0.4 is 5.73 Å². The number of hydrogen-bond donors (Lipinski definition) is 1. The monoisotopic (exact) mass is 253 g/mol. The molecule has 0 fully saturated rings. The molecule has 0 radical (unpaired) electrons. The quantitative estimate of drug-likeness (QED) is 0.600. The minimum Gasteiger partial charge on any atom is -0.370 e. The molecule has 0 atom stereocenters. The number of Topliss-reactive ketones (excluding diaryl/α,β-unsaturated/α-hetero) is 1. The molecule has 4 heteroatoms. The summed E-state index contributed by atoms with van der Waals surface area (Å²) >= 11 is 1.48. The van der Waals surface area contributed by atoms with E-state index in [0.717, 1.165) is 24.1 Å². The molecule has 1 heterocycles. The number of amides is 1. The van der Waals surface area contributed by atoms with Crippen molar-refractivity contribution in [3.63, 3.8) is 0 Å². The van der Waals surface area contributed by atoms with E-state index in [0.29, 0.717) is 6.42 Å². The third-order valence-electron chi connectivity index (χ3n) is 2.83. The van der Waals surface area contributed by atoms with E-state index in [1.165, 1.54) is 11.3 Å². The van der Waals surface area contributed by atoms with Crippen LogP contribution >= 0.6 is 11.3 Å². The van der Waals surface area contributed by atoms with Crippen LogP contribution in [0.4, 0.5) is 0 Å². The van der Waals surface area contributed by atoms with Crippen LogP contribution in [-0.2, 0) is 4.79 Å². The molecule has 1 aromatic rings. The lowest BCUT2D eigenvalue weighted by Crippen LogP contribution is -2.23. The second-order valence-electron chi connectivity index (χ2n) is 4.86. The SMILES string of the molecule is CC(C)(CCCCC(N)=O)C(=O)c1cccs1. The second-order valence-corrected chi connectivity index (χ2v) is 5.81. The van der Waals surface area contributed by atoms with E-state index in [1.807, 2.05) is 31.4 Å². The van der Waals surface area contributed by atoms with Gasteiger partial charge in [-0.25, -0.2) is 0 Å². The fourth-order valence-electron chi connectivity index (χ4n) is 1.72. The first-order valence-corrected chi connectivity index (χ1v) is 6.68. The molecule has 0 aliphatic rings. The van der Waals surface area contributed by atoms with Crippen molar-refractivity contribution in [2.75, 3.05) is 0 Å². The Morgan fingerprint density at radius 3 is 2.59 bits per heavy atom. The van der Waals surface area contributed by atoms with Gasteiger partial charge in [0.2, 0.25) is 5.91 Å².